The molecule has 1 aliphatic carbocycles. The van der Waals surface area contributed by atoms with Crippen LogP contribution in [0.25, 0.3) is 0 Å². The summed E-state index contributed by atoms with van der Waals surface area (Å²) in [5.74, 6) is -1.12. The number of rotatable bonds is 4. The number of amides is 2. The zero-order valence-corrected chi connectivity index (χ0v) is 10.3. The highest BCUT2D eigenvalue weighted by Gasteiger charge is 2.53. The second kappa shape index (κ2) is 5.05. The topological polar surface area (TPSA) is 101 Å². The molecule has 0 aromatic heterocycles. The van der Waals surface area contributed by atoms with Gasteiger partial charge in [-0.25, -0.2) is 0 Å². The first-order valence-electron chi connectivity index (χ1n) is 5.79. The Balaban J connectivity index is 1.98. The van der Waals surface area contributed by atoms with Crippen molar-refractivity contribution in [1.29, 1.82) is 0 Å². The third-order valence-corrected chi connectivity index (χ3v) is 2.81. The monoisotopic (exact) mass is 263 g/mol. The maximum Gasteiger partial charge on any atom is 0.234 e. The summed E-state index contributed by atoms with van der Waals surface area (Å²) in [5, 5.41) is 15.7. The van der Waals surface area contributed by atoms with Crippen molar-refractivity contribution in [3.63, 3.8) is 0 Å². The molecule has 2 unspecified atom stereocenters. The quantitative estimate of drug-likeness (QED) is 0.630. The first-order chi connectivity index (χ1) is 8.97. The van der Waals surface area contributed by atoms with Gasteiger partial charge in [-0.05, 0) is 18.2 Å². The van der Waals surface area contributed by atoms with Crippen LogP contribution in [0.4, 0.5) is 11.4 Å². The number of hydrogen-bond acceptors (Lipinski definition) is 4. The Kier molecular flexibility index (Phi) is 3.46. The van der Waals surface area contributed by atoms with Crippen molar-refractivity contribution in [2.75, 3.05) is 10.6 Å². The number of carbonyl (C=O) groups is 2. The van der Waals surface area contributed by atoms with Gasteiger partial charge in [0.25, 0.3) is 0 Å². The first kappa shape index (κ1) is 13.0. The Bertz CT molecular complexity index is 544. The van der Waals surface area contributed by atoms with Crippen molar-refractivity contribution >= 4 is 23.2 Å². The van der Waals surface area contributed by atoms with Gasteiger partial charge in [-0.3, -0.25) is 19.7 Å². The predicted molar refractivity (Wildman–Crippen MR) is 68.3 cm³/mol. The van der Waals surface area contributed by atoms with Crippen LogP contribution in [0.3, 0.4) is 0 Å². The van der Waals surface area contributed by atoms with Gasteiger partial charge in [-0.2, -0.15) is 0 Å². The van der Waals surface area contributed by atoms with Gasteiger partial charge in [0.05, 0.1) is 0 Å². The smallest absolute Gasteiger partial charge is 0.234 e. The molecule has 2 amide bonds. The lowest BCUT2D eigenvalue weighted by Gasteiger charge is -2.07. The van der Waals surface area contributed by atoms with Gasteiger partial charge < -0.3 is 10.6 Å². The molecule has 2 rings (SSSR count). The predicted octanol–water partition coefficient (Wildman–Crippen LogP) is 1.25. The second-order valence-corrected chi connectivity index (χ2v) is 4.45. The molecule has 1 aromatic carbocycles. The summed E-state index contributed by atoms with van der Waals surface area (Å²) >= 11 is 0. The number of nitro groups is 1. The summed E-state index contributed by atoms with van der Waals surface area (Å²) < 4.78 is 0. The van der Waals surface area contributed by atoms with Gasteiger partial charge in [0.1, 0.15) is 5.92 Å². The second-order valence-electron chi connectivity index (χ2n) is 4.45. The maximum absolute atomic E-state index is 11.7. The Morgan fingerprint density at radius 2 is 1.95 bits per heavy atom. The molecule has 2 atom stereocenters. The zero-order valence-electron chi connectivity index (χ0n) is 10.3. The van der Waals surface area contributed by atoms with Crippen LogP contribution in [0.15, 0.2) is 24.3 Å². The van der Waals surface area contributed by atoms with E-state index in [0.717, 1.165) is 0 Å². The molecule has 0 heterocycles. The molecule has 100 valence electrons. The van der Waals surface area contributed by atoms with Crippen molar-refractivity contribution in [1.82, 2.24) is 0 Å². The molecule has 2 N–H and O–H groups in total. The largest absolute Gasteiger partial charge is 0.326 e. The Morgan fingerprint density at radius 1 is 1.32 bits per heavy atom. The van der Waals surface area contributed by atoms with Crippen LogP contribution in [-0.2, 0) is 9.59 Å². The lowest BCUT2D eigenvalue weighted by atomic mass is 10.2. The van der Waals surface area contributed by atoms with Gasteiger partial charge in [0, 0.05) is 29.6 Å². The average Bonchev–Trinajstić information content (AvgIpc) is 3.08. The normalized spacial score (nSPS) is 20.5. The fourth-order valence-electron chi connectivity index (χ4n) is 1.81. The Hall–Kier alpha value is -2.44. The van der Waals surface area contributed by atoms with E-state index in [1.165, 1.54) is 6.92 Å². The summed E-state index contributed by atoms with van der Waals surface area (Å²) in [4.78, 5) is 32.7. The fourth-order valence-corrected chi connectivity index (χ4v) is 1.81. The SMILES string of the molecule is CC(=O)Nc1cccc(NC(=O)C2CC2[N+](=O)[O-])c1. The highest BCUT2D eigenvalue weighted by Crippen LogP contribution is 2.34. The minimum atomic E-state index is -0.765. The molecule has 1 aromatic rings. The molecule has 7 nitrogen and oxygen atoms in total. The molecule has 0 bridgehead atoms. The average molecular weight is 263 g/mol. The van der Waals surface area contributed by atoms with Crippen LogP contribution < -0.4 is 10.6 Å². The summed E-state index contributed by atoms with van der Waals surface area (Å²) in [6.45, 7) is 1.39. The van der Waals surface area contributed by atoms with Crippen molar-refractivity contribution in [2.24, 2.45) is 5.92 Å². The van der Waals surface area contributed by atoms with Gasteiger partial charge >= 0.3 is 0 Å². The van der Waals surface area contributed by atoms with Crippen molar-refractivity contribution in [2.45, 2.75) is 19.4 Å². The molecule has 0 spiro atoms. The highest BCUT2D eigenvalue weighted by molar-refractivity contribution is 5.96. The summed E-state index contributed by atoms with van der Waals surface area (Å²) in [7, 11) is 0. The zero-order chi connectivity index (χ0) is 14.0. The van der Waals surface area contributed by atoms with Crippen LogP contribution in [0.1, 0.15) is 13.3 Å². The molecular formula is C12H13N3O4. The van der Waals surface area contributed by atoms with Crippen molar-refractivity contribution in [3.05, 3.63) is 34.4 Å². The van der Waals surface area contributed by atoms with E-state index in [4.69, 9.17) is 0 Å². The highest BCUT2D eigenvalue weighted by atomic mass is 16.6. The molecule has 1 saturated carbocycles. The molecule has 0 aliphatic heterocycles. The third-order valence-electron chi connectivity index (χ3n) is 2.81. The van der Waals surface area contributed by atoms with Crippen LogP contribution in [0.2, 0.25) is 0 Å². The van der Waals surface area contributed by atoms with Crippen LogP contribution in [0.5, 0.6) is 0 Å². The van der Waals surface area contributed by atoms with Gasteiger partial charge in [-0.15, -0.1) is 0 Å². The van der Waals surface area contributed by atoms with E-state index >= 15 is 0 Å². The van der Waals surface area contributed by atoms with Crippen LogP contribution >= 0.6 is 0 Å². The van der Waals surface area contributed by atoms with Crippen LogP contribution in [-0.4, -0.2) is 22.8 Å². The van der Waals surface area contributed by atoms with E-state index in [-0.39, 0.29) is 18.2 Å². The first-order valence-corrected chi connectivity index (χ1v) is 5.79. The number of benzene rings is 1. The molecule has 1 aliphatic rings. The van der Waals surface area contributed by atoms with E-state index in [9.17, 15) is 19.7 Å². The number of nitrogens with zero attached hydrogens (tertiary/aromatic N) is 1. The van der Waals surface area contributed by atoms with E-state index in [1.807, 2.05) is 0 Å². The number of nitrogens with one attached hydrogen (secondary N) is 2. The van der Waals surface area contributed by atoms with E-state index in [1.54, 1.807) is 24.3 Å². The van der Waals surface area contributed by atoms with Crippen molar-refractivity contribution in [3.8, 4) is 0 Å². The summed E-state index contributed by atoms with van der Waals surface area (Å²) in [5.41, 5.74) is 1.07. The molecule has 1 fully saturated rings. The third kappa shape index (κ3) is 3.27. The number of carbonyl (C=O) groups excluding carboxylic acids is 2. The minimum Gasteiger partial charge on any atom is -0.326 e. The van der Waals surface area contributed by atoms with Gasteiger partial charge in [0.2, 0.25) is 17.9 Å². The Labute approximate surface area is 109 Å². The van der Waals surface area contributed by atoms with Crippen LogP contribution in [0, 0.1) is 16.0 Å². The standard InChI is InChI=1S/C12H13N3O4/c1-7(16)13-8-3-2-4-9(5-8)14-12(17)10-6-11(10)15(18)19/h2-5,10-11H,6H2,1H3,(H,13,16)(H,14,17). The molecular weight excluding hydrogens is 250 g/mol. The number of anilines is 2. The Morgan fingerprint density at radius 3 is 2.47 bits per heavy atom. The maximum atomic E-state index is 11.7. The van der Waals surface area contributed by atoms with E-state index in [2.05, 4.69) is 10.6 Å². The fraction of sp³-hybridized carbons (Fsp3) is 0.333. The lowest BCUT2D eigenvalue weighted by Crippen LogP contribution is -2.18. The molecule has 0 saturated heterocycles. The minimum absolute atomic E-state index is 0.209. The van der Waals surface area contributed by atoms with E-state index < -0.39 is 16.9 Å². The molecule has 19 heavy (non-hydrogen) atoms. The lowest BCUT2D eigenvalue weighted by molar-refractivity contribution is -0.497. The number of hydrogen-bond donors (Lipinski definition) is 2. The van der Waals surface area contributed by atoms with E-state index in [0.29, 0.717) is 11.4 Å². The molecule has 0 radical (unpaired) electrons. The van der Waals surface area contributed by atoms with Gasteiger partial charge in [0.15, 0.2) is 0 Å². The van der Waals surface area contributed by atoms with Gasteiger partial charge in [-0.1, -0.05) is 6.07 Å². The van der Waals surface area contributed by atoms with Crippen molar-refractivity contribution < 1.29 is 14.5 Å². The summed E-state index contributed by atoms with van der Waals surface area (Å²) in [6, 6.07) is 5.86. The molecule has 7 heteroatoms. The summed E-state index contributed by atoms with van der Waals surface area (Å²) in [6.07, 6.45) is 0.282.